The minimum Gasteiger partial charge on any atom is -0.457 e. The van der Waals surface area contributed by atoms with Crippen molar-refractivity contribution in [2.45, 2.75) is 57.4 Å². The second-order valence-corrected chi connectivity index (χ2v) is 10.8. The van der Waals surface area contributed by atoms with Crippen LogP contribution in [0.4, 0.5) is 10.2 Å². The summed E-state index contributed by atoms with van der Waals surface area (Å²) in [7, 11) is 0. The number of fused-ring (bicyclic) bond motifs is 2. The number of nitrogens with two attached hydrogens (primary N) is 1. The number of benzene rings is 2. The minimum absolute atomic E-state index is 0.00152. The molecule has 1 saturated carbocycles. The van der Waals surface area contributed by atoms with Crippen LogP contribution < -0.4 is 10.5 Å². The number of alkyl halides is 1. The van der Waals surface area contributed by atoms with Crippen molar-refractivity contribution in [1.29, 1.82) is 0 Å². The van der Waals surface area contributed by atoms with E-state index in [4.69, 9.17) is 15.6 Å². The summed E-state index contributed by atoms with van der Waals surface area (Å²) >= 11 is 0. The van der Waals surface area contributed by atoms with Gasteiger partial charge >= 0.3 is 0 Å². The Kier molecular flexibility index (Phi) is 5.44. The Morgan fingerprint density at radius 1 is 1.00 bits per heavy atom. The molecule has 2 aromatic heterocycles. The van der Waals surface area contributed by atoms with E-state index in [9.17, 15) is 0 Å². The van der Waals surface area contributed by atoms with Crippen LogP contribution in [0.2, 0.25) is 0 Å². The molecule has 7 nitrogen and oxygen atoms in total. The molecule has 36 heavy (non-hydrogen) atoms. The van der Waals surface area contributed by atoms with Crippen LogP contribution in [0.1, 0.15) is 39.7 Å². The predicted octanol–water partition coefficient (Wildman–Crippen LogP) is 5.64. The number of rotatable bonds is 4. The van der Waals surface area contributed by atoms with Gasteiger partial charge in [0, 0.05) is 23.1 Å². The molecule has 186 valence electrons. The molecular weight excluding hydrogens is 455 g/mol. The van der Waals surface area contributed by atoms with Crippen molar-refractivity contribution in [3.8, 4) is 22.8 Å². The van der Waals surface area contributed by atoms with Crippen LogP contribution >= 0.6 is 0 Å². The number of hydrogen-bond donors (Lipinski definition) is 1. The molecule has 2 aliphatic rings. The molecule has 1 aliphatic heterocycles. The van der Waals surface area contributed by atoms with Crippen LogP contribution in [0, 0.1) is 5.92 Å². The normalized spacial score (nSPS) is 24.3. The molecule has 4 atom stereocenters. The lowest BCUT2D eigenvalue weighted by atomic mass is 9.98. The lowest BCUT2D eigenvalue weighted by Crippen LogP contribution is -2.45. The number of nitrogen functional groups attached to an aromatic ring is 1. The summed E-state index contributed by atoms with van der Waals surface area (Å²) in [5, 5.41) is 5.61. The summed E-state index contributed by atoms with van der Waals surface area (Å²) in [6.45, 7) is 7.58. The van der Waals surface area contributed by atoms with Crippen LogP contribution in [0.3, 0.4) is 0 Å². The van der Waals surface area contributed by atoms with Crippen molar-refractivity contribution in [3.63, 3.8) is 0 Å². The number of ether oxygens (including phenoxy) is 1. The summed E-state index contributed by atoms with van der Waals surface area (Å²) in [4.78, 5) is 11.2. The average molecular weight is 487 g/mol. The highest BCUT2D eigenvalue weighted by atomic mass is 19.1. The fraction of sp³-hybridized carbons (Fsp3) is 0.393. The predicted molar refractivity (Wildman–Crippen MR) is 139 cm³/mol. The zero-order valence-corrected chi connectivity index (χ0v) is 20.8. The van der Waals surface area contributed by atoms with E-state index in [-0.39, 0.29) is 23.5 Å². The molecule has 2 N–H and O–H groups in total. The third-order valence-electron chi connectivity index (χ3n) is 7.64. The van der Waals surface area contributed by atoms with Gasteiger partial charge in [-0.25, -0.2) is 19.0 Å². The summed E-state index contributed by atoms with van der Waals surface area (Å²) in [6.07, 6.45) is 1.89. The van der Waals surface area contributed by atoms with Gasteiger partial charge in [0.1, 0.15) is 35.5 Å². The van der Waals surface area contributed by atoms with Gasteiger partial charge in [0.05, 0.1) is 11.4 Å². The number of aromatic nitrogens is 4. The maximum Gasteiger partial charge on any atom is 0.164 e. The summed E-state index contributed by atoms with van der Waals surface area (Å²) in [6, 6.07) is 17.1. The van der Waals surface area contributed by atoms with Crippen molar-refractivity contribution in [2.24, 2.45) is 5.92 Å². The van der Waals surface area contributed by atoms with Gasteiger partial charge in [0.15, 0.2) is 5.65 Å². The number of para-hydroxylation sites is 1. The van der Waals surface area contributed by atoms with Crippen LogP contribution in [0.15, 0.2) is 60.9 Å². The van der Waals surface area contributed by atoms with Crippen molar-refractivity contribution in [1.82, 2.24) is 24.6 Å². The van der Waals surface area contributed by atoms with E-state index in [0.717, 1.165) is 24.3 Å². The molecule has 3 unspecified atom stereocenters. The van der Waals surface area contributed by atoms with Gasteiger partial charge in [-0.15, -0.1) is 0 Å². The SMILES string of the molecule is CC(C)(C)N1CC[C@H]2C1CC(F)C2n1nc(-c2ccc(Oc3ccccc3)cc2)c2c(N)ncnc21. The number of anilines is 1. The second kappa shape index (κ2) is 8.55. The Labute approximate surface area is 210 Å². The smallest absolute Gasteiger partial charge is 0.164 e. The number of halogens is 1. The molecule has 4 aromatic rings. The highest BCUT2D eigenvalue weighted by Gasteiger charge is 2.53. The van der Waals surface area contributed by atoms with Crippen molar-refractivity contribution in [3.05, 3.63) is 60.9 Å². The Morgan fingerprint density at radius 3 is 2.44 bits per heavy atom. The summed E-state index contributed by atoms with van der Waals surface area (Å²) in [5.41, 5.74) is 8.43. The van der Waals surface area contributed by atoms with E-state index in [1.54, 1.807) is 4.68 Å². The van der Waals surface area contributed by atoms with Crippen molar-refractivity contribution >= 4 is 16.9 Å². The average Bonchev–Trinajstić information content (AvgIpc) is 3.52. The maximum absolute atomic E-state index is 15.7. The zero-order chi connectivity index (χ0) is 25.0. The van der Waals surface area contributed by atoms with Gasteiger partial charge in [0.2, 0.25) is 0 Å². The van der Waals surface area contributed by atoms with Gasteiger partial charge in [-0.3, -0.25) is 4.90 Å². The highest BCUT2D eigenvalue weighted by Crippen LogP contribution is 2.49. The molecule has 6 rings (SSSR count). The molecule has 3 heterocycles. The highest BCUT2D eigenvalue weighted by molar-refractivity contribution is 5.98. The second-order valence-electron chi connectivity index (χ2n) is 10.8. The van der Waals surface area contributed by atoms with E-state index in [1.807, 2.05) is 54.6 Å². The van der Waals surface area contributed by atoms with Crippen molar-refractivity contribution in [2.75, 3.05) is 12.3 Å². The number of nitrogens with zero attached hydrogens (tertiary/aromatic N) is 5. The molecular formula is C28H31FN6O. The molecule has 0 radical (unpaired) electrons. The third kappa shape index (κ3) is 3.80. The first-order valence-corrected chi connectivity index (χ1v) is 12.5. The van der Waals surface area contributed by atoms with Gasteiger partial charge in [-0.1, -0.05) is 18.2 Å². The fourth-order valence-corrected chi connectivity index (χ4v) is 6.09. The van der Waals surface area contributed by atoms with E-state index in [0.29, 0.717) is 34.7 Å². The Bertz CT molecular complexity index is 1380. The van der Waals surface area contributed by atoms with Gasteiger partial charge in [-0.05, 0) is 76.6 Å². The van der Waals surface area contributed by atoms with Gasteiger partial charge < -0.3 is 10.5 Å². The Morgan fingerprint density at radius 2 is 1.72 bits per heavy atom. The van der Waals surface area contributed by atoms with Crippen molar-refractivity contribution < 1.29 is 9.13 Å². The van der Waals surface area contributed by atoms with Gasteiger partial charge in [-0.2, -0.15) is 5.10 Å². The van der Waals surface area contributed by atoms with E-state index in [2.05, 4.69) is 35.6 Å². The molecule has 0 spiro atoms. The Balaban J connectivity index is 1.38. The summed E-state index contributed by atoms with van der Waals surface area (Å²) in [5.74, 6) is 2.00. The van der Waals surface area contributed by atoms with E-state index >= 15 is 4.39 Å². The van der Waals surface area contributed by atoms with Crippen LogP contribution in [-0.4, -0.2) is 48.9 Å². The maximum atomic E-state index is 15.7. The monoisotopic (exact) mass is 486 g/mol. The van der Waals surface area contributed by atoms with E-state index < -0.39 is 6.17 Å². The molecule has 0 bridgehead atoms. The van der Waals surface area contributed by atoms with Crippen LogP contribution in [0.5, 0.6) is 11.5 Å². The first-order valence-electron chi connectivity index (χ1n) is 12.5. The summed E-state index contributed by atoms with van der Waals surface area (Å²) < 4.78 is 23.4. The number of hydrogen-bond acceptors (Lipinski definition) is 6. The van der Waals surface area contributed by atoms with Gasteiger partial charge in [0.25, 0.3) is 0 Å². The Hall–Kier alpha value is -3.52. The minimum atomic E-state index is -1.00. The fourth-order valence-electron chi connectivity index (χ4n) is 6.09. The largest absolute Gasteiger partial charge is 0.457 e. The third-order valence-corrected chi connectivity index (χ3v) is 7.64. The lowest BCUT2D eigenvalue weighted by molar-refractivity contribution is 0.110. The quantitative estimate of drug-likeness (QED) is 0.402. The zero-order valence-electron chi connectivity index (χ0n) is 20.8. The van der Waals surface area contributed by atoms with Crippen LogP contribution in [-0.2, 0) is 0 Å². The molecule has 1 aliphatic carbocycles. The number of likely N-dealkylation sites (tertiary alicyclic amines) is 1. The lowest BCUT2D eigenvalue weighted by Gasteiger charge is -2.36. The van der Waals surface area contributed by atoms with E-state index in [1.165, 1.54) is 6.33 Å². The molecule has 2 aromatic carbocycles. The molecule has 0 amide bonds. The first kappa shape index (κ1) is 22.9. The van der Waals surface area contributed by atoms with Crippen LogP contribution in [0.25, 0.3) is 22.3 Å². The topological polar surface area (TPSA) is 82.1 Å². The molecule has 8 heteroatoms. The standard InChI is InChI=1S/C28H31FN6O/c1-28(2,3)34-14-13-20-22(34)15-21(29)25(20)35-27-23(26(30)31-16-32-27)24(33-35)17-9-11-19(12-10-17)36-18-7-5-4-6-8-18/h4-12,16,20-22,25H,13-15H2,1-3H3,(H2,30,31,32)/t20-,21?,22?,25?/m0/s1. The first-order chi connectivity index (χ1) is 17.3. The molecule has 2 fully saturated rings. The molecule has 1 saturated heterocycles.